The van der Waals surface area contributed by atoms with E-state index in [-0.39, 0.29) is 0 Å². The van der Waals surface area contributed by atoms with Gasteiger partial charge in [0, 0.05) is 6.08 Å². The molecule has 0 atom stereocenters. The van der Waals surface area contributed by atoms with Crippen LogP contribution in [0.5, 0.6) is 0 Å². The Morgan fingerprint density at radius 1 is 1.56 bits per heavy atom. The van der Waals surface area contributed by atoms with Gasteiger partial charge >= 0.3 is 5.97 Å². The normalized spacial score (nSPS) is 12.4. The van der Waals surface area contributed by atoms with Crippen LogP contribution in [0.1, 0.15) is 13.8 Å². The molecule has 1 N–H and O–H groups in total. The summed E-state index contributed by atoms with van der Waals surface area (Å²) in [6.45, 7) is 3.59. The quantitative estimate of drug-likeness (QED) is 0.450. The SMILES string of the molecule is C/C=C/C(C)=C/C(=O)O. The van der Waals surface area contributed by atoms with Gasteiger partial charge in [-0.3, -0.25) is 0 Å². The van der Waals surface area contributed by atoms with E-state index in [1.807, 2.05) is 6.92 Å². The molecule has 0 unspecified atom stereocenters. The smallest absolute Gasteiger partial charge is 0.328 e. The van der Waals surface area contributed by atoms with Gasteiger partial charge in [0.15, 0.2) is 0 Å². The molecule has 0 aliphatic rings. The van der Waals surface area contributed by atoms with Gasteiger partial charge in [-0.25, -0.2) is 4.79 Å². The van der Waals surface area contributed by atoms with Gasteiger partial charge in [0.1, 0.15) is 0 Å². The van der Waals surface area contributed by atoms with E-state index in [0.29, 0.717) is 0 Å². The van der Waals surface area contributed by atoms with Crippen LogP contribution in [0.25, 0.3) is 0 Å². The van der Waals surface area contributed by atoms with Crippen molar-refractivity contribution in [3.8, 4) is 0 Å². The molecule has 0 aromatic rings. The zero-order valence-electron chi connectivity index (χ0n) is 5.59. The van der Waals surface area contributed by atoms with Gasteiger partial charge in [-0.15, -0.1) is 0 Å². The topological polar surface area (TPSA) is 37.3 Å². The van der Waals surface area contributed by atoms with E-state index >= 15 is 0 Å². The van der Waals surface area contributed by atoms with Crippen molar-refractivity contribution in [2.24, 2.45) is 0 Å². The van der Waals surface area contributed by atoms with E-state index in [2.05, 4.69) is 0 Å². The lowest BCUT2D eigenvalue weighted by Gasteiger charge is -1.84. The van der Waals surface area contributed by atoms with Crippen LogP contribution in [-0.4, -0.2) is 11.1 Å². The zero-order chi connectivity index (χ0) is 7.28. The monoisotopic (exact) mass is 126 g/mol. The van der Waals surface area contributed by atoms with E-state index < -0.39 is 5.97 Å². The van der Waals surface area contributed by atoms with Gasteiger partial charge < -0.3 is 5.11 Å². The van der Waals surface area contributed by atoms with Crippen LogP contribution in [0.4, 0.5) is 0 Å². The molecule has 0 heterocycles. The van der Waals surface area contributed by atoms with Crippen LogP contribution in [0.15, 0.2) is 23.8 Å². The first-order valence-corrected chi connectivity index (χ1v) is 2.70. The van der Waals surface area contributed by atoms with Crippen LogP contribution in [0.3, 0.4) is 0 Å². The number of carbonyl (C=O) groups is 1. The molecular weight excluding hydrogens is 116 g/mol. The summed E-state index contributed by atoms with van der Waals surface area (Å²) in [5.41, 5.74) is 0.755. The Kier molecular flexibility index (Phi) is 3.44. The summed E-state index contributed by atoms with van der Waals surface area (Å²) in [4.78, 5) is 9.97. The Morgan fingerprint density at radius 3 is 2.44 bits per heavy atom. The summed E-state index contributed by atoms with van der Waals surface area (Å²) >= 11 is 0. The number of carboxylic acid groups (broad SMARTS) is 1. The summed E-state index contributed by atoms with van der Waals surface area (Å²) in [6, 6.07) is 0. The fourth-order valence-electron chi connectivity index (χ4n) is 0.506. The molecule has 0 saturated carbocycles. The number of aliphatic carboxylic acids is 1. The molecule has 2 nitrogen and oxygen atoms in total. The average Bonchev–Trinajstić information content (AvgIpc) is 1.63. The van der Waals surface area contributed by atoms with E-state index in [1.165, 1.54) is 6.08 Å². The Labute approximate surface area is 54.5 Å². The van der Waals surface area contributed by atoms with Crippen LogP contribution in [0.2, 0.25) is 0 Å². The van der Waals surface area contributed by atoms with Crippen molar-refractivity contribution in [3.63, 3.8) is 0 Å². The highest BCUT2D eigenvalue weighted by Crippen LogP contribution is 1.92. The Morgan fingerprint density at radius 2 is 2.11 bits per heavy atom. The van der Waals surface area contributed by atoms with Gasteiger partial charge in [-0.2, -0.15) is 0 Å². The minimum atomic E-state index is -0.898. The Balaban J connectivity index is 4.00. The van der Waals surface area contributed by atoms with Crippen molar-refractivity contribution in [1.29, 1.82) is 0 Å². The number of allylic oxidation sites excluding steroid dienone is 3. The summed E-state index contributed by atoms with van der Waals surface area (Å²) in [6.07, 6.45) is 4.71. The van der Waals surface area contributed by atoms with Crippen molar-refractivity contribution in [3.05, 3.63) is 23.8 Å². The van der Waals surface area contributed by atoms with Gasteiger partial charge in [-0.1, -0.05) is 12.2 Å². The second kappa shape index (κ2) is 3.89. The fourth-order valence-corrected chi connectivity index (χ4v) is 0.506. The van der Waals surface area contributed by atoms with Gasteiger partial charge in [0.25, 0.3) is 0 Å². The summed E-state index contributed by atoms with van der Waals surface area (Å²) < 4.78 is 0. The number of carboxylic acids is 1. The maximum absolute atomic E-state index is 9.97. The van der Waals surface area contributed by atoms with Crippen LogP contribution in [0, 0.1) is 0 Å². The highest BCUT2D eigenvalue weighted by Gasteiger charge is 1.86. The second-order valence-corrected chi connectivity index (χ2v) is 1.73. The van der Waals surface area contributed by atoms with Gasteiger partial charge in [0.05, 0.1) is 0 Å². The largest absolute Gasteiger partial charge is 0.478 e. The molecular formula is C7H10O2. The minimum Gasteiger partial charge on any atom is -0.478 e. The van der Waals surface area contributed by atoms with E-state index in [1.54, 1.807) is 19.1 Å². The van der Waals surface area contributed by atoms with Crippen molar-refractivity contribution in [2.75, 3.05) is 0 Å². The summed E-state index contributed by atoms with van der Waals surface area (Å²) in [5.74, 6) is -0.898. The number of rotatable bonds is 2. The third-order valence-corrected chi connectivity index (χ3v) is 0.781. The second-order valence-electron chi connectivity index (χ2n) is 1.73. The van der Waals surface area contributed by atoms with Crippen molar-refractivity contribution in [2.45, 2.75) is 13.8 Å². The van der Waals surface area contributed by atoms with E-state index in [4.69, 9.17) is 5.11 Å². The highest BCUT2D eigenvalue weighted by atomic mass is 16.4. The lowest BCUT2D eigenvalue weighted by atomic mass is 10.2. The molecule has 0 aromatic carbocycles. The maximum Gasteiger partial charge on any atom is 0.328 e. The fraction of sp³-hybridized carbons (Fsp3) is 0.286. The molecule has 0 spiro atoms. The Hall–Kier alpha value is -1.05. The lowest BCUT2D eigenvalue weighted by molar-refractivity contribution is -0.131. The van der Waals surface area contributed by atoms with Gasteiger partial charge in [0.2, 0.25) is 0 Å². The van der Waals surface area contributed by atoms with Crippen LogP contribution < -0.4 is 0 Å². The van der Waals surface area contributed by atoms with Gasteiger partial charge in [-0.05, 0) is 19.4 Å². The summed E-state index contributed by atoms with van der Waals surface area (Å²) in [7, 11) is 0. The molecule has 0 aromatic heterocycles. The first-order chi connectivity index (χ1) is 4.16. The van der Waals surface area contributed by atoms with Crippen molar-refractivity contribution in [1.82, 2.24) is 0 Å². The van der Waals surface area contributed by atoms with E-state index in [9.17, 15) is 4.79 Å². The predicted molar refractivity (Wildman–Crippen MR) is 36.2 cm³/mol. The molecule has 0 aliphatic heterocycles. The average molecular weight is 126 g/mol. The third-order valence-electron chi connectivity index (χ3n) is 0.781. The molecule has 50 valence electrons. The molecule has 2 heteroatoms. The number of hydrogen-bond acceptors (Lipinski definition) is 1. The molecule has 0 rings (SSSR count). The number of hydrogen-bond donors (Lipinski definition) is 1. The van der Waals surface area contributed by atoms with Crippen LogP contribution in [-0.2, 0) is 4.79 Å². The highest BCUT2D eigenvalue weighted by molar-refractivity contribution is 5.81. The third kappa shape index (κ3) is 4.81. The molecule has 0 amide bonds. The predicted octanol–water partition coefficient (Wildman–Crippen LogP) is 1.59. The molecule has 0 bridgehead atoms. The first-order valence-electron chi connectivity index (χ1n) is 2.70. The molecule has 0 saturated heterocycles. The van der Waals surface area contributed by atoms with Crippen molar-refractivity contribution < 1.29 is 9.90 Å². The molecule has 9 heavy (non-hydrogen) atoms. The summed E-state index contributed by atoms with van der Waals surface area (Å²) in [5, 5.41) is 8.20. The Bertz CT molecular complexity index is 154. The standard InChI is InChI=1S/C7H10O2/c1-3-4-6(2)5-7(8)9/h3-5H,1-2H3,(H,8,9)/b4-3+,6-5+. The molecule has 0 radical (unpaired) electrons. The maximum atomic E-state index is 9.97. The minimum absolute atomic E-state index is 0.755. The first kappa shape index (κ1) is 7.95. The van der Waals surface area contributed by atoms with Crippen LogP contribution >= 0.6 is 0 Å². The van der Waals surface area contributed by atoms with E-state index in [0.717, 1.165) is 5.57 Å². The lowest BCUT2D eigenvalue weighted by Crippen LogP contribution is -1.87. The molecule has 0 aliphatic carbocycles. The van der Waals surface area contributed by atoms with Crippen molar-refractivity contribution >= 4 is 5.97 Å². The zero-order valence-corrected chi connectivity index (χ0v) is 5.59. The molecule has 0 fully saturated rings.